The number of ether oxygens (including phenoxy) is 1. The van der Waals surface area contributed by atoms with Crippen LogP contribution in [0.25, 0.3) is 0 Å². The molecular weight excluding hydrogens is 324 g/mol. The lowest BCUT2D eigenvalue weighted by molar-refractivity contribution is -0.128. The molecule has 2 atom stereocenters. The average Bonchev–Trinajstić information content (AvgIpc) is 2.53. The zero-order valence-electron chi connectivity index (χ0n) is 14.8. The first-order chi connectivity index (χ1) is 11.0. The first-order valence-corrected chi connectivity index (χ1v) is 8.75. The molecule has 0 heterocycles. The van der Waals surface area contributed by atoms with Crippen LogP contribution in [0.2, 0.25) is 0 Å². The van der Waals surface area contributed by atoms with E-state index in [4.69, 9.17) is 10.5 Å². The summed E-state index contributed by atoms with van der Waals surface area (Å²) in [6, 6.07) is 8.12. The molecule has 136 valence electrons. The average molecular weight is 355 g/mol. The van der Waals surface area contributed by atoms with E-state index in [1.165, 1.54) is 0 Å². The molecule has 2 unspecified atom stereocenters. The van der Waals surface area contributed by atoms with Crippen molar-refractivity contribution in [2.75, 3.05) is 6.61 Å². The highest BCUT2D eigenvalue weighted by Crippen LogP contribution is 2.31. The summed E-state index contributed by atoms with van der Waals surface area (Å²) in [5.74, 6) is -0.00117. The SMILES string of the molecule is CCCOCc1ccccc1CNC(=O)C1CCCCC1(C)N.Cl. The minimum atomic E-state index is -0.383. The van der Waals surface area contributed by atoms with Gasteiger partial charge in [0.05, 0.1) is 12.5 Å². The molecule has 0 radical (unpaired) electrons. The van der Waals surface area contributed by atoms with Gasteiger partial charge in [-0.3, -0.25) is 4.79 Å². The molecule has 0 aliphatic heterocycles. The van der Waals surface area contributed by atoms with Gasteiger partial charge in [-0.1, -0.05) is 44.0 Å². The fourth-order valence-electron chi connectivity index (χ4n) is 3.29. The second-order valence-electron chi connectivity index (χ2n) is 6.84. The van der Waals surface area contributed by atoms with Crippen molar-refractivity contribution >= 4 is 18.3 Å². The molecule has 0 spiro atoms. The maximum Gasteiger partial charge on any atom is 0.225 e. The van der Waals surface area contributed by atoms with Crippen LogP contribution in [0.4, 0.5) is 0 Å². The maximum atomic E-state index is 12.5. The molecule has 2 rings (SSSR count). The first-order valence-electron chi connectivity index (χ1n) is 8.75. The third-order valence-electron chi connectivity index (χ3n) is 4.75. The maximum absolute atomic E-state index is 12.5. The van der Waals surface area contributed by atoms with Gasteiger partial charge in [-0.05, 0) is 37.3 Å². The highest BCUT2D eigenvalue weighted by molar-refractivity contribution is 5.85. The van der Waals surface area contributed by atoms with E-state index in [1.807, 2.05) is 25.1 Å². The number of rotatable bonds is 7. The predicted molar refractivity (Wildman–Crippen MR) is 100 cm³/mol. The van der Waals surface area contributed by atoms with Gasteiger partial charge in [0.2, 0.25) is 5.91 Å². The van der Waals surface area contributed by atoms with Crippen molar-refractivity contribution in [3.63, 3.8) is 0 Å². The molecule has 3 N–H and O–H groups in total. The summed E-state index contributed by atoms with van der Waals surface area (Å²) < 4.78 is 5.63. The summed E-state index contributed by atoms with van der Waals surface area (Å²) in [6.07, 6.45) is 5.03. The van der Waals surface area contributed by atoms with Crippen molar-refractivity contribution < 1.29 is 9.53 Å². The Labute approximate surface area is 151 Å². The zero-order chi connectivity index (χ0) is 16.7. The molecule has 4 nitrogen and oxygen atoms in total. The number of halogens is 1. The van der Waals surface area contributed by atoms with Crippen LogP contribution in [0.15, 0.2) is 24.3 Å². The van der Waals surface area contributed by atoms with Crippen molar-refractivity contribution in [2.24, 2.45) is 11.7 Å². The zero-order valence-corrected chi connectivity index (χ0v) is 15.7. The van der Waals surface area contributed by atoms with Crippen LogP contribution in [0.3, 0.4) is 0 Å². The summed E-state index contributed by atoms with van der Waals surface area (Å²) in [6.45, 7) is 5.99. The normalized spacial score (nSPS) is 23.4. The van der Waals surface area contributed by atoms with Gasteiger partial charge < -0.3 is 15.8 Å². The summed E-state index contributed by atoms with van der Waals surface area (Å²) in [5.41, 5.74) is 8.20. The van der Waals surface area contributed by atoms with Crippen LogP contribution >= 0.6 is 12.4 Å². The molecule has 1 amide bonds. The second kappa shape index (κ2) is 10.0. The van der Waals surface area contributed by atoms with E-state index in [1.54, 1.807) is 0 Å². The Morgan fingerprint density at radius 1 is 1.33 bits per heavy atom. The molecule has 0 aromatic heterocycles. The molecule has 1 aliphatic carbocycles. The van der Waals surface area contributed by atoms with E-state index < -0.39 is 0 Å². The lowest BCUT2D eigenvalue weighted by Gasteiger charge is -2.37. The smallest absolute Gasteiger partial charge is 0.225 e. The molecule has 0 bridgehead atoms. The Morgan fingerprint density at radius 2 is 2.04 bits per heavy atom. The Hall–Kier alpha value is -1.10. The van der Waals surface area contributed by atoms with E-state index in [-0.39, 0.29) is 29.8 Å². The summed E-state index contributed by atoms with van der Waals surface area (Å²) >= 11 is 0. The van der Waals surface area contributed by atoms with Crippen LogP contribution in [-0.2, 0) is 22.7 Å². The molecule has 0 saturated heterocycles. The lowest BCUT2D eigenvalue weighted by Crippen LogP contribution is -2.52. The van der Waals surface area contributed by atoms with Crippen molar-refractivity contribution in [1.29, 1.82) is 0 Å². The first kappa shape index (κ1) is 20.9. The monoisotopic (exact) mass is 354 g/mol. The van der Waals surface area contributed by atoms with E-state index in [0.29, 0.717) is 13.2 Å². The van der Waals surface area contributed by atoms with Gasteiger partial charge in [-0.15, -0.1) is 12.4 Å². The Kier molecular flexibility index (Phi) is 8.74. The number of carbonyl (C=O) groups excluding carboxylic acids is 1. The molecule has 5 heteroatoms. The van der Waals surface area contributed by atoms with Gasteiger partial charge >= 0.3 is 0 Å². The van der Waals surface area contributed by atoms with Gasteiger partial charge in [0.1, 0.15) is 0 Å². The van der Waals surface area contributed by atoms with Gasteiger partial charge in [0, 0.05) is 18.7 Å². The standard InChI is InChI=1S/C19H30N2O2.ClH/c1-3-12-23-14-16-9-5-4-8-15(16)13-21-18(22)17-10-6-7-11-19(17,2)20;/h4-5,8-9,17H,3,6-7,10-14,20H2,1-2H3,(H,21,22);1H. The summed E-state index contributed by atoms with van der Waals surface area (Å²) in [5, 5.41) is 3.08. The fourth-order valence-corrected chi connectivity index (χ4v) is 3.29. The number of benzene rings is 1. The number of carbonyl (C=O) groups is 1. The van der Waals surface area contributed by atoms with E-state index in [0.717, 1.165) is 49.8 Å². The van der Waals surface area contributed by atoms with Gasteiger partial charge in [-0.2, -0.15) is 0 Å². The van der Waals surface area contributed by atoms with Gasteiger partial charge in [0.15, 0.2) is 0 Å². The number of nitrogens with one attached hydrogen (secondary N) is 1. The van der Waals surface area contributed by atoms with Crippen LogP contribution < -0.4 is 11.1 Å². The Balaban J connectivity index is 0.00000288. The highest BCUT2D eigenvalue weighted by atomic mass is 35.5. The Bertz CT molecular complexity index is 520. The van der Waals surface area contributed by atoms with Crippen LogP contribution in [0.5, 0.6) is 0 Å². The van der Waals surface area contributed by atoms with Crippen molar-refractivity contribution in [2.45, 2.75) is 64.6 Å². The predicted octanol–water partition coefficient (Wildman–Crippen LogP) is 3.56. The molecule has 1 fully saturated rings. The van der Waals surface area contributed by atoms with Crippen molar-refractivity contribution in [3.05, 3.63) is 35.4 Å². The topological polar surface area (TPSA) is 64.3 Å². The van der Waals surface area contributed by atoms with Crippen molar-refractivity contribution in [3.8, 4) is 0 Å². The second-order valence-corrected chi connectivity index (χ2v) is 6.84. The number of amides is 1. The molecule has 1 aromatic carbocycles. The summed E-state index contributed by atoms with van der Waals surface area (Å²) in [4.78, 5) is 12.5. The number of hydrogen-bond donors (Lipinski definition) is 2. The molecule has 1 aliphatic rings. The van der Waals surface area contributed by atoms with Gasteiger partial charge in [-0.25, -0.2) is 0 Å². The van der Waals surface area contributed by atoms with E-state index >= 15 is 0 Å². The van der Waals surface area contributed by atoms with Crippen molar-refractivity contribution in [1.82, 2.24) is 5.32 Å². The molecule has 24 heavy (non-hydrogen) atoms. The fraction of sp³-hybridized carbons (Fsp3) is 0.632. The third kappa shape index (κ3) is 5.76. The van der Waals surface area contributed by atoms with Crippen LogP contribution in [-0.4, -0.2) is 18.1 Å². The highest BCUT2D eigenvalue weighted by Gasteiger charge is 2.37. The minimum absolute atomic E-state index is 0. The minimum Gasteiger partial charge on any atom is -0.377 e. The lowest BCUT2D eigenvalue weighted by atomic mass is 9.74. The third-order valence-corrected chi connectivity index (χ3v) is 4.75. The van der Waals surface area contributed by atoms with Crippen LogP contribution in [0, 0.1) is 5.92 Å². The quantitative estimate of drug-likeness (QED) is 0.736. The largest absolute Gasteiger partial charge is 0.377 e. The van der Waals surface area contributed by atoms with E-state index in [9.17, 15) is 4.79 Å². The summed E-state index contributed by atoms with van der Waals surface area (Å²) in [7, 11) is 0. The van der Waals surface area contributed by atoms with E-state index in [2.05, 4.69) is 18.3 Å². The number of hydrogen-bond acceptors (Lipinski definition) is 3. The Morgan fingerprint density at radius 3 is 2.71 bits per heavy atom. The molecule has 1 saturated carbocycles. The van der Waals surface area contributed by atoms with Crippen LogP contribution in [0.1, 0.15) is 57.1 Å². The molecular formula is C19H31ClN2O2. The molecule has 1 aromatic rings. The number of nitrogens with two attached hydrogens (primary N) is 1. The van der Waals surface area contributed by atoms with Gasteiger partial charge in [0.25, 0.3) is 0 Å².